The van der Waals surface area contributed by atoms with Crippen molar-refractivity contribution in [2.24, 2.45) is 0 Å². The molecule has 124 valence electrons. The minimum absolute atomic E-state index is 0.136. The van der Waals surface area contributed by atoms with Gasteiger partial charge in [0.25, 0.3) is 5.95 Å². The number of hydrogen-bond donors (Lipinski definition) is 0. The second-order valence-electron chi connectivity index (χ2n) is 4.84. The molecule has 0 spiro atoms. The van der Waals surface area contributed by atoms with Crippen molar-refractivity contribution < 1.29 is 18.0 Å². The maximum Gasteiger partial charge on any atom is 0.416 e. The quantitative estimate of drug-likeness (QED) is 0.671. The van der Waals surface area contributed by atoms with Gasteiger partial charge in [-0.05, 0) is 37.3 Å². The van der Waals surface area contributed by atoms with Gasteiger partial charge in [-0.2, -0.15) is 18.2 Å². The molecule has 0 aliphatic heterocycles. The summed E-state index contributed by atoms with van der Waals surface area (Å²) in [5.41, 5.74) is 0.572. The van der Waals surface area contributed by atoms with Crippen LogP contribution in [0.25, 0.3) is 11.0 Å². The number of anilines is 2. The van der Waals surface area contributed by atoms with Crippen LogP contribution in [0.15, 0.2) is 48.8 Å². The van der Waals surface area contributed by atoms with Gasteiger partial charge in [-0.15, -0.1) is 0 Å². The average molecular weight is 334 g/mol. The Morgan fingerprint density at radius 1 is 1.08 bits per heavy atom. The third-order valence-electron chi connectivity index (χ3n) is 3.19. The molecule has 0 unspecified atom stereocenters. The zero-order valence-corrected chi connectivity index (χ0v) is 12.7. The van der Waals surface area contributed by atoms with E-state index < -0.39 is 11.7 Å². The van der Waals surface area contributed by atoms with Crippen LogP contribution in [-0.2, 0) is 11.0 Å². The monoisotopic (exact) mass is 334 g/mol. The van der Waals surface area contributed by atoms with Gasteiger partial charge in [0.05, 0.1) is 29.6 Å². The van der Waals surface area contributed by atoms with Crippen molar-refractivity contribution in [2.75, 3.05) is 11.7 Å². The number of alkyl halides is 3. The second-order valence-corrected chi connectivity index (χ2v) is 4.84. The average Bonchev–Trinajstić information content (AvgIpc) is 2.58. The first kappa shape index (κ1) is 16.1. The maximum absolute atomic E-state index is 12.9. The normalized spacial score (nSPS) is 11.7. The van der Waals surface area contributed by atoms with Crippen LogP contribution in [0.1, 0.15) is 12.5 Å². The zero-order valence-electron chi connectivity index (χ0n) is 12.7. The number of rotatable bonds is 4. The Morgan fingerprint density at radius 3 is 2.67 bits per heavy atom. The van der Waals surface area contributed by atoms with Gasteiger partial charge < -0.3 is 0 Å². The third kappa shape index (κ3) is 3.28. The largest absolute Gasteiger partial charge is 0.416 e. The number of benzene rings is 1. The molecule has 0 fully saturated rings. The number of fused-ring (bicyclic) bond motifs is 1. The van der Waals surface area contributed by atoms with Crippen LogP contribution in [-0.4, -0.2) is 21.6 Å². The van der Waals surface area contributed by atoms with Gasteiger partial charge in [0.2, 0.25) is 0 Å². The predicted octanol–water partition coefficient (Wildman–Crippen LogP) is 4.13. The van der Waals surface area contributed by atoms with E-state index in [0.717, 1.165) is 12.1 Å². The van der Waals surface area contributed by atoms with Gasteiger partial charge in [-0.1, -0.05) is 6.07 Å². The lowest BCUT2D eigenvalue weighted by molar-refractivity contribution is -0.137. The molecule has 0 atom stereocenters. The molecule has 0 aliphatic rings. The van der Waals surface area contributed by atoms with Crippen LogP contribution in [0.3, 0.4) is 0 Å². The van der Waals surface area contributed by atoms with Gasteiger partial charge in [0, 0.05) is 6.20 Å². The van der Waals surface area contributed by atoms with Crippen molar-refractivity contribution in [1.82, 2.24) is 15.0 Å². The third-order valence-corrected chi connectivity index (χ3v) is 3.19. The van der Waals surface area contributed by atoms with E-state index in [9.17, 15) is 13.2 Å². The van der Waals surface area contributed by atoms with E-state index in [1.54, 1.807) is 25.3 Å². The second kappa shape index (κ2) is 6.40. The summed E-state index contributed by atoms with van der Waals surface area (Å²) in [5, 5.41) is 1.18. The highest BCUT2D eigenvalue weighted by Gasteiger charge is 2.31. The summed E-state index contributed by atoms with van der Waals surface area (Å²) < 4.78 is 38.8. The van der Waals surface area contributed by atoms with Crippen molar-refractivity contribution >= 4 is 22.7 Å². The van der Waals surface area contributed by atoms with E-state index in [2.05, 4.69) is 15.0 Å². The van der Waals surface area contributed by atoms with E-state index in [4.69, 9.17) is 4.84 Å². The maximum atomic E-state index is 12.9. The number of nitrogens with zero attached hydrogens (tertiary/aromatic N) is 4. The fraction of sp³-hybridized carbons (Fsp3) is 0.188. The van der Waals surface area contributed by atoms with Crippen molar-refractivity contribution in [2.45, 2.75) is 13.1 Å². The predicted molar refractivity (Wildman–Crippen MR) is 82.5 cm³/mol. The first-order valence-electron chi connectivity index (χ1n) is 7.17. The molecule has 0 bridgehead atoms. The van der Waals surface area contributed by atoms with Crippen molar-refractivity contribution in [3.8, 4) is 0 Å². The molecule has 5 nitrogen and oxygen atoms in total. The summed E-state index contributed by atoms with van der Waals surface area (Å²) in [5.74, 6) is 0.136. The SMILES string of the molecule is CCON(c1cccc(C(F)(F)F)c1)c1ncc2ncccc2n1. The summed E-state index contributed by atoms with van der Waals surface area (Å²) in [6.07, 6.45) is -1.34. The Morgan fingerprint density at radius 2 is 1.92 bits per heavy atom. The molecular weight excluding hydrogens is 321 g/mol. The molecule has 2 aromatic heterocycles. The zero-order chi connectivity index (χ0) is 17.2. The van der Waals surface area contributed by atoms with Crippen LogP contribution >= 0.6 is 0 Å². The van der Waals surface area contributed by atoms with Crippen LogP contribution in [0.2, 0.25) is 0 Å². The van der Waals surface area contributed by atoms with Gasteiger partial charge in [-0.3, -0.25) is 9.82 Å². The highest BCUT2D eigenvalue weighted by atomic mass is 19.4. The van der Waals surface area contributed by atoms with Crippen LogP contribution in [0, 0.1) is 0 Å². The van der Waals surface area contributed by atoms with E-state index in [1.807, 2.05) is 0 Å². The lowest BCUT2D eigenvalue weighted by Crippen LogP contribution is -2.20. The van der Waals surface area contributed by atoms with E-state index >= 15 is 0 Å². The number of halogens is 3. The summed E-state index contributed by atoms with van der Waals surface area (Å²) in [6.45, 7) is 1.97. The highest BCUT2D eigenvalue weighted by Crippen LogP contribution is 2.33. The Hall–Kier alpha value is -2.74. The molecule has 1 aromatic carbocycles. The first-order valence-corrected chi connectivity index (χ1v) is 7.17. The number of hydrogen-bond acceptors (Lipinski definition) is 5. The molecule has 0 radical (unpaired) electrons. The van der Waals surface area contributed by atoms with E-state index in [0.29, 0.717) is 11.0 Å². The minimum atomic E-state index is -4.44. The molecule has 0 aliphatic carbocycles. The topological polar surface area (TPSA) is 51.1 Å². The van der Waals surface area contributed by atoms with E-state index in [1.165, 1.54) is 23.4 Å². The molecule has 0 saturated heterocycles. The molecular formula is C16H13F3N4O. The molecule has 3 rings (SSSR count). The molecule has 2 heterocycles. The Bertz CT molecular complexity index is 854. The number of pyridine rings is 1. The van der Waals surface area contributed by atoms with Crippen LogP contribution in [0.5, 0.6) is 0 Å². The first-order chi connectivity index (χ1) is 11.5. The summed E-state index contributed by atoms with van der Waals surface area (Å²) in [7, 11) is 0. The van der Waals surface area contributed by atoms with Gasteiger partial charge in [0.1, 0.15) is 5.52 Å². The molecule has 3 aromatic rings. The number of aromatic nitrogens is 3. The van der Waals surface area contributed by atoms with Crippen molar-refractivity contribution in [3.05, 3.63) is 54.4 Å². The fourth-order valence-corrected chi connectivity index (χ4v) is 2.14. The van der Waals surface area contributed by atoms with Crippen molar-refractivity contribution in [3.63, 3.8) is 0 Å². The standard InChI is InChI=1S/C16H13F3N4O/c1-2-24-23(12-6-3-5-11(9-12)16(17,18)19)15-21-10-14-13(22-15)7-4-8-20-14/h3-10H,2H2,1H3. The molecule has 24 heavy (non-hydrogen) atoms. The van der Waals surface area contributed by atoms with Crippen molar-refractivity contribution in [1.29, 1.82) is 0 Å². The van der Waals surface area contributed by atoms with Crippen LogP contribution in [0.4, 0.5) is 24.8 Å². The molecule has 0 N–H and O–H groups in total. The van der Waals surface area contributed by atoms with Crippen LogP contribution < -0.4 is 5.06 Å². The molecule has 0 amide bonds. The Kier molecular flexibility index (Phi) is 4.30. The minimum Gasteiger partial charge on any atom is -0.266 e. The Labute approximate surface area is 135 Å². The summed E-state index contributed by atoms with van der Waals surface area (Å²) in [4.78, 5) is 18.0. The van der Waals surface area contributed by atoms with E-state index in [-0.39, 0.29) is 18.2 Å². The fourth-order valence-electron chi connectivity index (χ4n) is 2.14. The Balaban J connectivity index is 2.05. The molecule has 8 heteroatoms. The highest BCUT2D eigenvalue weighted by molar-refractivity contribution is 5.74. The summed E-state index contributed by atoms with van der Waals surface area (Å²) in [6, 6.07) is 8.26. The molecule has 0 saturated carbocycles. The smallest absolute Gasteiger partial charge is 0.266 e. The lowest BCUT2D eigenvalue weighted by Gasteiger charge is -2.22. The van der Waals surface area contributed by atoms with Gasteiger partial charge >= 0.3 is 6.18 Å². The summed E-state index contributed by atoms with van der Waals surface area (Å²) >= 11 is 0. The lowest BCUT2D eigenvalue weighted by atomic mass is 10.2. The van der Waals surface area contributed by atoms with Gasteiger partial charge in [-0.25, -0.2) is 9.97 Å². The van der Waals surface area contributed by atoms with Gasteiger partial charge in [0.15, 0.2) is 0 Å².